The summed E-state index contributed by atoms with van der Waals surface area (Å²) in [4.78, 5) is 14.8. The van der Waals surface area contributed by atoms with Crippen LogP contribution in [0, 0.1) is 0 Å². The van der Waals surface area contributed by atoms with Gasteiger partial charge in [0.25, 0.3) is 5.91 Å². The van der Waals surface area contributed by atoms with Gasteiger partial charge in [0.05, 0.1) is 0 Å². The SMILES string of the molecule is O=C(NCCN1CCc2ccccc2C1)c1ccc2c(c1)CCC2. The van der Waals surface area contributed by atoms with E-state index in [9.17, 15) is 4.79 Å². The average Bonchev–Trinajstić information content (AvgIpc) is 3.09. The van der Waals surface area contributed by atoms with E-state index in [0.29, 0.717) is 6.54 Å². The van der Waals surface area contributed by atoms with Crippen molar-refractivity contribution in [2.45, 2.75) is 32.2 Å². The number of amides is 1. The third kappa shape index (κ3) is 3.22. The molecule has 1 N–H and O–H groups in total. The summed E-state index contributed by atoms with van der Waals surface area (Å²) in [6, 6.07) is 14.8. The van der Waals surface area contributed by atoms with Crippen molar-refractivity contribution in [3.8, 4) is 0 Å². The Morgan fingerprint density at radius 3 is 2.67 bits per heavy atom. The van der Waals surface area contributed by atoms with Crippen LogP contribution in [0.25, 0.3) is 0 Å². The summed E-state index contributed by atoms with van der Waals surface area (Å²) < 4.78 is 0. The van der Waals surface area contributed by atoms with Gasteiger partial charge in [0.2, 0.25) is 0 Å². The number of aryl methyl sites for hydroxylation is 2. The first-order valence-corrected chi connectivity index (χ1v) is 8.99. The van der Waals surface area contributed by atoms with E-state index in [-0.39, 0.29) is 5.91 Å². The number of rotatable bonds is 4. The molecule has 0 saturated carbocycles. The molecule has 0 saturated heterocycles. The second-order valence-electron chi connectivity index (χ2n) is 6.89. The number of carbonyl (C=O) groups is 1. The van der Waals surface area contributed by atoms with Crippen LogP contribution >= 0.6 is 0 Å². The summed E-state index contributed by atoms with van der Waals surface area (Å²) in [6.45, 7) is 3.68. The third-order valence-corrected chi connectivity index (χ3v) is 5.28. The fourth-order valence-corrected chi connectivity index (χ4v) is 3.89. The highest BCUT2D eigenvalue weighted by atomic mass is 16.1. The Labute approximate surface area is 143 Å². The van der Waals surface area contributed by atoms with Gasteiger partial charge in [-0.2, -0.15) is 0 Å². The predicted octanol–water partition coefficient (Wildman–Crippen LogP) is 2.96. The fourth-order valence-electron chi connectivity index (χ4n) is 3.89. The minimum Gasteiger partial charge on any atom is -0.351 e. The lowest BCUT2D eigenvalue weighted by molar-refractivity contribution is 0.0947. The zero-order valence-corrected chi connectivity index (χ0v) is 14.1. The largest absolute Gasteiger partial charge is 0.351 e. The lowest BCUT2D eigenvalue weighted by atomic mass is 10.00. The predicted molar refractivity (Wildman–Crippen MR) is 96.2 cm³/mol. The van der Waals surface area contributed by atoms with Gasteiger partial charge in [0.15, 0.2) is 0 Å². The van der Waals surface area contributed by atoms with Crippen molar-refractivity contribution in [2.24, 2.45) is 0 Å². The van der Waals surface area contributed by atoms with E-state index in [1.165, 1.54) is 28.7 Å². The van der Waals surface area contributed by atoms with Crippen molar-refractivity contribution < 1.29 is 4.79 Å². The second-order valence-corrected chi connectivity index (χ2v) is 6.89. The highest BCUT2D eigenvalue weighted by Crippen LogP contribution is 2.22. The van der Waals surface area contributed by atoms with E-state index >= 15 is 0 Å². The molecular formula is C21H24N2O. The molecule has 2 aromatic rings. The van der Waals surface area contributed by atoms with Gasteiger partial charge < -0.3 is 5.32 Å². The first-order chi connectivity index (χ1) is 11.8. The van der Waals surface area contributed by atoms with E-state index in [1.807, 2.05) is 6.07 Å². The maximum absolute atomic E-state index is 12.4. The van der Waals surface area contributed by atoms with Gasteiger partial charge in [-0.3, -0.25) is 9.69 Å². The molecule has 0 radical (unpaired) electrons. The molecule has 0 bridgehead atoms. The van der Waals surface area contributed by atoms with E-state index in [2.05, 4.69) is 46.6 Å². The molecule has 124 valence electrons. The summed E-state index contributed by atoms with van der Waals surface area (Å²) in [6.07, 6.45) is 4.60. The summed E-state index contributed by atoms with van der Waals surface area (Å²) in [5.41, 5.74) is 6.47. The Balaban J connectivity index is 1.29. The molecule has 0 unspecified atom stereocenters. The minimum atomic E-state index is 0.0575. The van der Waals surface area contributed by atoms with E-state index in [4.69, 9.17) is 0 Å². The second kappa shape index (κ2) is 6.78. The number of nitrogens with one attached hydrogen (secondary N) is 1. The van der Waals surface area contributed by atoms with Gasteiger partial charge in [0, 0.05) is 31.7 Å². The molecule has 1 aliphatic carbocycles. The molecule has 4 rings (SSSR count). The lowest BCUT2D eigenvalue weighted by Gasteiger charge is -2.28. The van der Waals surface area contributed by atoms with Gasteiger partial charge in [0.1, 0.15) is 0 Å². The molecule has 3 nitrogen and oxygen atoms in total. The van der Waals surface area contributed by atoms with Crippen LogP contribution in [0.1, 0.15) is 39.0 Å². The molecule has 0 aromatic heterocycles. The Hall–Kier alpha value is -2.13. The van der Waals surface area contributed by atoms with Crippen LogP contribution in [0.15, 0.2) is 42.5 Å². The molecule has 1 amide bonds. The number of nitrogens with zero attached hydrogens (tertiary/aromatic N) is 1. The highest BCUT2D eigenvalue weighted by molar-refractivity contribution is 5.94. The lowest BCUT2D eigenvalue weighted by Crippen LogP contribution is -2.37. The maximum atomic E-state index is 12.4. The third-order valence-electron chi connectivity index (χ3n) is 5.28. The van der Waals surface area contributed by atoms with Crippen molar-refractivity contribution in [2.75, 3.05) is 19.6 Å². The van der Waals surface area contributed by atoms with Crippen LogP contribution in [-0.2, 0) is 25.8 Å². The van der Waals surface area contributed by atoms with Crippen LogP contribution in [0.2, 0.25) is 0 Å². The fraction of sp³-hybridized carbons (Fsp3) is 0.381. The van der Waals surface area contributed by atoms with Gasteiger partial charge in [-0.1, -0.05) is 30.3 Å². The van der Waals surface area contributed by atoms with Gasteiger partial charge in [-0.25, -0.2) is 0 Å². The Bertz CT molecular complexity index is 753. The van der Waals surface area contributed by atoms with Crippen molar-refractivity contribution in [3.05, 3.63) is 70.3 Å². The van der Waals surface area contributed by atoms with Crippen molar-refractivity contribution >= 4 is 5.91 Å². The maximum Gasteiger partial charge on any atom is 0.251 e. The number of hydrogen-bond donors (Lipinski definition) is 1. The summed E-state index contributed by atoms with van der Waals surface area (Å²) in [5.74, 6) is 0.0575. The molecular weight excluding hydrogens is 296 g/mol. The van der Waals surface area contributed by atoms with Crippen LogP contribution in [0.5, 0.6) is 0 Å². The van der Waals surface area contributed by atoms with E-state index in [1.54, 1.807) is 0 Å². The first-order valence-electron chi connectivity index (χ1n) is 8.99. The number of fused-ring (bicyclic) bond motifs is 2. The quantitative estimate of drug-likeness (QED) is 0.939. The molecule has 0 atom stereocenters. The van der Waals surface area contributed by atoms with Crippen LogP contribution in [0.3, 0.4) is 0 Å². The topological polar surface area (TPSA) is 32.3 Å². The summed E-state index contributed by atoms with van der Waals surface area (Å²) >= 11 is 0. The molecule has 2 aromatic carbocycles. The minimum absolute atomic E-state index is 0.0575. The molecule has 0 fully saturated rings. The Kier molecular flexibility index (Phi) is 4.35. The first kappa shape index (κ1) is 15.4. The van der Waals surface area contributed by atoms with E-state index in [0.717, 1.165) is 44.5 Å². The molecule has 2 aliphatic rings. The van der Waals surface area contributed by atoms with Crippen LogP contribution in [0.4, 0.5) is 0 Å². The number of hydrogen-bond acceptors (Lipinski definition) is 2. The zero-order valence-electron chi connectivity index (χ0n) is 14.1. The zero-order chi connectivity index (χ0) is 16.4. The van der Waals surface area contributed by atoms with Crippen LogP contribution < -0.4 is 5.32 Å². The Morgan fingerprint density at radius 1 is 0.958 bits per heavy atom. The van der Waals surface area contributed by atoms with Crippen LogP contribution in [-0.4, -0.2) is 30.4 Å². The summed E-state index contributed by atoms with van der Waals surface area (Å²) in [5, 5.41) is 3.08. The normalized spacial score (nSPS) is 16.5. The highest BCUT2D eigenvalue weighted by Gasteiger charge is 2.16. The number of benzene rings is 2. The van der Waals surface area contributed by atoms with Crippen molar-refractivity contribution in [1.29, 1.82) is 0 Å². The molecule has 1 aliphatic heterocycles. The Morgan fingerprint density at radius 2 is 1.75 bits per heavy atom. The van der Waals surface area contributed by atoms with Gasteiger partial charge >= 0.3 is 0 Å². The number of carbonyl (C=O) groups excluding carboxylic acids is 1. The van der Waals surface area contributed by atoms with Gasteiger partial charge in [-0.15, -0.1) is 0 Å². The molecule has 0 spiro atoms. The standard InChI is InChI=1S/C21H24N2O/c24-21(19-9-8-16-6-3-7-18(16)14-19)22-11-13-23-12-10-17-4-1-2-5-20(17)15-23/h1-2,4-5,8-9,14H,3,6-7,10-13,15H2,(H,22,24). The monoisotopic (exact) mass is 320 g/mol. The molecule has 3 heteroatoms. The molecule has 24 heavy (non-hydrogen) atoms. The van der Waals surface area contributed by atoms with Crippen molar-refractivity contribution in [1.82, 2.24) is 10.2 Å². The van der Waals surface area contributed by atoms with E-state index < -0.39 is 0 Å². The van der Waals surface area contributed by atoms with Gasteiger partial charge in [-0.05, 0) is 60.1 Å². The smallest absolute Gasteiger partial charge is 0.251 e. The molecule has 1 heterocycles. The van der Waals surface area contributed by atoms with Crippen molar-refractivity contribution in [3.63, 3.8) is 0 Å². The summed E-state index contributed by atoms with van der Waals surface area (Å²) in [7, 11) is 0. The average molecular weight is 320 g/mol.